The van der Waals surface area contributed by atoms with Gasteiger partial charge >= 0.3 is 0 Å². The van der Waals surface area contributed by atoms with Crippen LogP contribution in [0.1, 0.15) is 61.5 Å². The molecule has 0 unspecified atom stereocenters. The van der Waals surface area contributed by atoms with E-state index in [4.69, 9.17) is 16.0 Å². The molecule has 2 aromatic heterocycles. The Morgan fingerprint density at radius 2 is 1.97 bits per heavy atom. The van der Waals surface area contributed by atoms with Crippen LogP contribution in [0, 0.1) is 0 Å². The monoisotopic (exact) mass is 480 g/mol. The number of carbonyl (C=O) groups is 2. The Balaban J connectivity index is 1.50. The van der Waals surface area contributed by atoms with E-state index in [0.29, 0.717) is 22.2 Å². The van der Waals surface area contributed by atoms with Crippen LogP contribution in [0.2, 0.25) is 5.02 Å². The highest BCUT2D eigenvalue weighted by Crippen LogP contribution is 2.32. The van der Waals surface area contributed by atoms with Crippen LogP contribution >= 0.6 is 11.6 Å². The molecule has 1 saturated carbocycles. The van der Waals surface area contributed by atoms with Crippen LogP contribution in [0.4, 0.5) is 0 Å². The van der Waals surface area contributed by atoms with E-state index in [0.717, 1.165) is 31.2 Å². The second-order valence-corrected chi connectivity index (χ2v) is 9.94. The Bertz CT molecular complexity index is 1180. The van der Waals surface area contributed by atoms with Crippen LogP contribution in [-0.2, 0) is 17.9 Å². The smallest absolute Gasteiger partial charge is 0.273 e. The van der Waals surface area contributed by atoms with Gasteiger partial charge in [-0.1, -0.05) is 49.4 Å². The topological polar surface area (TPSA) is 80.4 Å². The second kappa shape index (κ2) is 9.29. The van der Waals surface area contributed by atoms with Crippen molar-refractivity contribution in [1.29, 1.82) is 0 Å². The van der Waals surface area contributed by atoms with E-state index >= 15 is 0 Å². The number of nitrogens with zero attached hydrogens (tertiary/aromatic N) is 3. The average molecular weight is 481 g/mol. The van der Waals surface area contributed by atoms with Gasteiger partial charge in [0.05, 0.1) is 12.8 Å². The summed E-state index contributed by atoms with van der Waals surface area (Å²) in [5, 5.41) is 8.47. The molecule has 2 amide bonds. The van der Waals surface area contributed by atoms with Crippen molar-refractivity contribution >= 4 is 23.4 Å². The number of hydrogen-bond acceptors (Lipinski definition) is 4. The van der Waals surface area contributed by atoms with E-state index in [1.807, 2.05) is 25.1 Å². The summed E-state index contributed by atoms with van der Waals surface area (Å²) in [7, 11) is 0. The number of halogens is 1. The van der Waals surface area contributed by atoms with E-state index in [9.17, 15) is 9.59 Å². The van der Waals surface area contributed by atoms with Gasteiger partial charge in [0.2, 0.25) is 5.91 Å². The SMILES string of the molecule is C[C@@]1(C(=O)NC2CCCCCC2)Cn2nc(-c3ccco3)cc2C(=O)N1Cc1cccc(Cl)c1. The Hall–Kier alpha value is -3.06. The van der Waals surface area contributed by atoms with Gasteiger partial charge in [-0.2, -0.15) is 5.10 Å². The van der Waals surface area contributed by atoms with Gasteiger partial charge < -0.3 is 14.6 Å². The van der Waals surface area contributed by atoms with Crippen molar-refractivity contribution in [2.45, 2.75) is 70.1 Å². The molecule has 5 rings (SSSR count). The van der Waals surface area contributed by atoms with Gasteiger partial charge in [0, 0.05) is 23.7 Å². The summed E-state index contributed by atoms with van der Waals surface area (Å²) < 4.78 is 7.13. The molecule has 178 valence electrons. The highest BCUT2D eigenvalue weighted by atomic mass is 35.5. The molecule has 3 aromatic rings. The first-order chi connectivity index (χ1) is 16.4. The van der Waals surface area contributed by atoms with Crippen LogP contribution < -0.4 is 5.32 Å². The summed E-state index contributed by atoms with van der Waals surface area (Å²) in [6.45, 7) is 2.36. The van der Waals surface area contributed by atoms with Gasteiger partial charge in [-0.25, -0.2) is 0 Å². The molecule has 3 heterocycles. The van der Waals surface area contributed by atoms with Crippen molar-refractivity contribution in [2.24, 2.45) is 0 Å². The molecule has 1 aliphatic heterocycles. The molecule has 0 saturated heterocycles. The van der Waals surface area contributed by atoms with Crippen molar-refractivity contribution in [3.63, 3.8) is 0 Å². The molecular formula is C26H29ClN4O3. The molecule has 0 bridgehead atoms. The number of hydrogen-bond donors (Lipinski definition) is 1. The molecule has 1 aliphatic carbocycles. The van der Waals surface area contributed by atoms with Gasteiger partial charge in [0.1, 0.15) is 16.9 Å². The van der Waals surface area contributed by atoms with Gasteiger partial charge in [0.25, 0.3) is 5.91 Å². The maximum absolute atomic E-state index is 13.8. The number of nitrogens with one attached hydrogen (secondary N) is 1. The van der Waals surface area contributed by atoms with Crippen molar-refractivity contribution in [1.82, 2.24) is 20.0 Å². The van der Waals surface area contributed by atoms with Crippen molar-refractivity contribution in [3.05, 3.63) is 65.0 Å². The number of aromatic nitrogens is 2. The minimum Gasteiger partial charge on any atom is -0.463 e. The number of rotatable bonds is 5. The van der Waals surface area contributed by atoms with Gasteiger partial charge in [-0.3, -0.25) is 14.3 Å². The molecule has 0 spiro atoms. The molecule has 8 heteroatoms. The number of benzene rings is 1. The van der Waals surface area contributed by atoms with Crippen molar-refractivity contribution < 1.29 is 14.0 Å². The minimum atomic E-state index is -1.11. The fourth-order valence-corrected chi connectivity index (χ4v) is 5.23. The molecule has 0 radical (unpaired) electrons. The second-order valence-electron chi connectivity index (χ2n) is 9.51. The van der Waals surface area contributed by atoms with Gasteiger partial charge in [-0.05, 0) is 49.6 Å². The zero-order chi connectivity index (χ0) is 23.7. The largest absolute Gasteiger partial charge is 0.463 e. The molecule has 2 aliphatic rings. The quantitative estimate of drug-likeness (QED) is 0.518. The third kappa shape index (κ3) is 4.37. The number of furan rings is 1. The summed E-state index contributed by atoms with van der Waals surface area (Å²) in [6.07, 6.45) is 8.15. The van der Waals surface area contributed by atoms with E-state index in [2.05, 4.69) is 10.4 Å². The lowest BCUT2D eigenvalue weighted by atomic mass is 9.93. The third-order valence-electron chi connectivity index (χ3n) is 6.98. The lowest BCUT2D eigenvalue weighted by molar-refractivity contribution is -0.134. The summed E-state index contributed by atoms with van der Waals surface area (Å²) in [5.74, 6) is 0.200. The Morgan fingerprint density at radius 3 is 2.68 bits per heavy atom. The Morgan fingerprint density at radius 1 is 1.18 bits per heavy atom. The normalized spacial score (nSPS) is 21.2. The number of fused-ring (bicyclic) bond motifs is 1. The molecule has 1 atom stereocenters. The van der Waals surface area contributed by atoms with E-state index in [1.54, 1.807) is 40.1 Å². The highest BCUT2D eigenvalue weighted by Gasteiger charge is 2.48. The lowest BCUT2D eigenvalue weighted by Crippen LogP contribution is -2.64. The maximum Gasteiger partial charge on any atom is 0.273 e. The van der Waals surface area contributed by atoms with Crippen LogP contribution in [-0.4, -0.2) is 38.1 Å². The molecule has 34 heavy (non-hydrogen) atoms. The fraction of sp³-hybridized carbons (Fsp3) is 0.423. The van der Waals surface area contributed by atoms with Crippen molar-refractivity contribution in [3.8, 4) is 11.5 Å². The number of carbonyl (C=O) groups excluding carboxylic acids is 2. The van der Waals surface area contributed by atoms with Crippen LogP contribution in [0.5, 0.6) is 0 Å². The van der Waals surface area contributed by atoms with E-state index < -0.39 is 5.54 Å². The molecule has 7 nitrogen and oxygen atoms in total. The predicted octanol–water partition coefficient (Wildman–Crippen LogP) is 5.05. The molecule has 1 aromatic carbocycles. The minimum absolute atomic E-state index is 0.132. The molecule has 1 N–H and O–H groups in total. The third-order valence-corrected chi connectivity index (χ3v) is 7.22. The first-order valence-corrected chi connectivity index (χ1v) is 12.3. The summed E-state index contributed by atoms with van der Waals surface area (Å²) in [6, 6.07) is 12.9. The fourth-order valence-electron chi connectivity index (χ4n) is 5.02. The van der Waals surface area contributed by atoms with Crippen molar-refractivity contribution in [2.75, 3.05) is 0 Å². The molecular weight excluding hydrogens is 452 g/mol. The van der Waals surface area contributed by atoms with Crippen LogP contribution in [0.25, 0.3) is 11.5 Å². The van der Waals surface area contributed by atoms with E-state index in [1.165, 1.54) is 12.8 Å². The Kier molecular flexibility index (Phi) is 6.21. The zero-order valence-electron chi connectivity index (χ0n) is 19.3. The van der Waals surface area contributed by atoms with Crippen LogP contribution in [0.3, 0.4) is 0 Å². The lowest BCUT2D eigenvalue weighted by Gasteiger charge is -2.44. The summed E-state index contributed by atoms with van der Waals surface area (Å²) >= 11 is 6.21. The molecule has 1 fully saturated rings. The number of amides is 2. The van der Waals surface area contributed by atoms with Gasteiger partial charge in [0.15, 0.2) is 5.76 Å². The zero-order valence-corrected chi connectivity index (χ0v) is 20.1. The first kappa shape index (κ1) is 22.7. The summed E-state index contributed by atoms with van der Waals surface area (Å²) in [5.41, 5.74) is 0.775. The average Bonchev–Trinajstić information content (AvgIpc) is 3.42. The maximum atomic E-state index is 13.8. The van der Waals surface area contributed by atoms with Crippen LogP contribution in [0.15, 0.2) is 53.1 Å². The Labute approximate surface area is 204 Å². The standard InChI is InChI=1S/C26H29ClN4O3/c1-26(25(33)28-20-10-4-2-3-5-11-20)17-31-22(15-21(29-31)23-12-7-13-34-23)24(32)30(26)16-18-8-6-9-19(27)14-18/h6-9,12-15,20H,2-5,10-11,16-17H2,1H3,(H,28,33)/t26-/m0/s1. The predicted molar refractivity (Wildman–Crippen MR) is 129 cm³/mol. The van der Waals surface area contributed by atoms with Gasteiger partial charge in [-0.15, -0.1) is 0 Å². The summed E-state index contributed by atoms with van der Waals surface area (Å²) in [4.78, 5) is 29.2. The highest BCUT2D eigenvalue weighted by molar-refractivity contribution is 6.30. The first-order valence-electron chi connectivity index (χ1n) is 11.9. The van der Waals surface area contributed by atoms with E-state index in [-0.39, 0.29) is 30.9 Å².